The zero-order valence-corrected chi connectivity index (χ0v) is 16.3. The zero-order valence-electron chi connectivity index (χ0n) is 14.7. The Balaban J connectivity index is 1.81. The highest BCUT2D eigenvalue weighted by molar-refractivity contribution is 7.89. The fraction of sp³-hybridized carbons (Fsp3) is 0.176. The van der Waals surface area contributed by atoms with Crippen LogP contribution in [0.3, 0.4) is 0 Å². The maximum Gasteiger partial charge on any atom is 0.253 e. The van der Waals surface area contributed by atoms with E-state index < -0.39 is 28.3 Å². The number of halogens is 1. The molecule has 0 heterocycles. The molecule has 144 valence electrons. The number of rotatable bonds is 5. The maximum atomic E-state index is 12.9. The average Bonchev–Trinajstić information content (AvgIpc) is 2.61. The maximum absolute atomic E-state index is 12.9. The monoisotopic (exact) mass is 410 g/mol. The van der Waals surface area contributed by atoms with Crippen molar-refractivity contribution in [3.05, 3.63) is 59.4 Å². The highest BCUT2D eigenvalue weighted by Crippen LogP contribution is 2.15. The van der Waals surface area contributed by atoms with Crippen LogP contribution in [-0.2, 0) is 14.8 Å². The number of thiocarbonyl (C=S) groups is 1. The Morgan fingerprint density at radius 2 is 1.74 bits per heavy atom. The van der Waals surface area contributed by atoms with Crippen LogP contribution in [0.4, 0.5) is 10.1 Å². The number of sulfonamides is 1. The number of carbonyl (C=O) groups is 1. The van der Waals surface area contributed by atoms with Gasteiger partial charge in [0, 0.05) is 5.69 Å². The Kier molecular flexibility index (Phi) is 6.83. The molecule has 2 aromatic carbocycles. The summed E-state index contributed by atoms with van der Waals surface area (Å²) < 4.78 is 39.0. The predicted octanol–water partition coefficient (Wildman–Crippen LogP) is 1.74. The first-order chi connectivity index (χ1) is 12.7. The molecule has 10 heteroatoms. The Bertz CT molecular complexity index is 947. The summed E-state index contributed by atoms with van der Waals surface area (Å²) in [5.41, 5.74) is 7.66. The number of hydrogen-bond acceptors (Lipinski definition) is 4. The highest BCUT2D eigenvalue weighted by atomic mass is 32.2. The summed E-state index contributed by atoms with van der Waals surface area (Å²) in [7, 11) is -3.92. The first kappa shape index (κ1) is 20.7. The van der Waals surface area contributed by atoms with E-state index in [-0.39, 0.29) is 10.0 Å². The largest absolute Gasteiger partial charge is 0.331 e. The third-order valence-corrected chi connectivity index (χ3v) is 5.11. The second-order valence-corrected chi connectivity index (χ2v) is 7.90. The zero-order chi connectivity index (χ0) is 20.0. The second-order valence-electron chi connectivity index (χ2n) is 5.72. The van der Waals surface area contributed by atoms with Gasteiger partial charge in [0.1, 0.15) is 5.82 Å². The van der Waals surface area contributed by atoms with Gasteiger partial charge in [-0.05, 0) is 62.0 Å². The number of carbonyl (C=O) groups excluding carboxylic acids is 1. The molecule has 0 saturated carbocycles. The van der Waals surface area contributed by atoms with E-state index in [4.69, 9.17) is 12.2 Å². The van der Waals surface area contributed by atoms with Crippen LogP contribution in [0.1, 0.15) is 11.1 Å². The molecule has 2 aromatic rings. The standard InChI is InChI=1S/C17H19FN4O3S2/c1-11-3-8-15(12(2)9-11)20-17(26)22-21-16(23)10-19-27(24,25)14-6-4-13(18)5-7-14/h3-9,19H,10H2,1-2H3,(H,21,23)(H2,20,22,26). The molecule has 0 aromatic heterocycles. The summed E-state index contributed by atoms with van der Waals surface area (Å²) in [6, 6.07) is 10.0. The molecule has 27 heavy (non-hydrogen) atoms. The number of hydrogen-bond donors (Lipinski definition) is 4. The van der Waals surface area contributed by atoms with E-state index in [1.165, 1.54) is 0 Å². The minimum atomic E-state index is -3.92. The molecule has 2 rings (SSSR count). The number of amides is 1. The molecular weight excluding hydrogens is 391 g/mol. The quantitative estimate of drug-likeness (QED) is 0.443. The van der Waals surface area contributed by atoms with Crippen LogP contribution < -0.4 is 20.9 Å². The SMILES string of the molecule is Cc1ccc(NC(=S)NNC(=O)CNS(=O)(=O)c2ccc(F)cc2)c(C)c1. The molecule has 1 amide bonds. The summed E-state index contributed by atoms with van der Waals surface area (Å²) >= 11 is 5.08. The Labute approximate surface area is 162 Å². The number of benzene rings is 2. The van der Waals surface area contributed by atoms with E-state index in [1.807, 2.05) is 32.0 Å². The molecule has 0 saturated heterocycles. The summed E-state index contributed by atoms with van der Waals surface area (Å²) in [6.45, 7) is 3.38. The summed E-state index contributed by atoms with van der Waals surface area (Å²) in [6.07, 6.45) is 0. The van der Waals surface area contributed by atoms with Gasteiger partial charge in [0.25, 0.3) is 5.91 Å². The average molecular weight is 410 g/mol. The van der Waals surface area contributed by atoms with Gasteiger partial charge in [0.05, 0.1) is 11.4 Å². The number of hydrazine groups is 1. The van der Waals surface area contributed by atoms with Gasteiger partial charge in [-0.3, -0.25) is 15.6 Å². The van der Waals surface area contributed by atoms with Crippen molar-refractivity contribution in [1.82, 2.24) is 15.6 Å². The van der Waals surface area contributed by atoms with E-state index >= 15 is 0 Å². The summed E-state index contributed by atoms with van der Waals surface area (Å²) in [5.74, 6) is -1.20. The van der Waals surface area contributed by atoms with Crippen LogP contribution in [0.15, 0.2) is 47.4 Å². The van der Waals surface area contributed by atoms with Gasteiger partial charge >= 0.3 is 0 Å². The van der Waals surface area contributed by atoms with E-state index in [1.54, 1.807) is 0 Å². The van der Waals surface area contributed by atoms with Crippen LogP contribution in [0.25, 0.3) is 0 Å². The van der Waals surface area contributed by atoms with Crippen molar-refractivity contribution in [2.24, 2.45) is 0 Å². The van der Waals surface area contributed by atoms with Crippen LogP contribution in [-0.4, -0.2) is 26.0 Å². The van der Waals surface area contributed by atoms with E-state index in [0.29, 0.717) is 0 Å². The van der Waals surface area contributed by atoms with Gasteiger partial charge < -0.3 is 5.32 Å². The third-order valence-electron chi connectivity index (χ3n) is 3.49. The lowest BCUT2D eigenvalue weighted by atomic mass is 10.1. The van der Waals surface area contributed by atoms with Crippen molar-refractivity contribution in [3.63, 3.8) is 0 Å². The van der Waals surface area contributed by atoms with Gasteiger partial charge in [0.2, 0.25) is 10.0 Å². The van der Waals surface area contributed by atoms with Crippen molar-refractivity contribution < 1.29 is 17.6 Å². The first-order valence-electron chi connectivity index (χ1n) is 7.86. The molecular formula is C17H19FN4O3S2. The highest BCUT2D eigenvalue weighted by Gasteiger charge is 2.15. The van der Waals surface area contributed by atoms with Gasteiger partial charge in [-0.2, -0.15) is 0 Å². The molecule has 0 aliphatic rings. The molecule has 0 bridgehead atoms. The summed E-state index contributed by atoms with van der Waals surface area (Å²) in [5, 5.41) is 3.08. The molecule has 4 N–H and O–H groups in total. The fourth-order valence-corrected chi connectivity index (χ4v) is 3.28. The van der Waals surface area contributed by atoms with Crippen LogP contribution >= 0.6 is 12.2 Å². The molecule has 0 radical (unpaired) electrons. The molecule has 0 fully saturated rings. The minimum absolute atomic E-state index is 0.142. The van der Waals surface area contributed by atoms with Gasteiger partial charge in [0.15, 0.2) is 5.11 Å². The second kappa shape index (κ2) is 8.89. The van der Waals surface area contributed by atoms with Gasteiger partial charge in [-0.25, -0.2) is 17.5 Å². The third kappa shape index (κ3) is 6.27. The first-order valence-corrected chi connectivity index (χ1v) is 9.75. The lowest BCUT2D eigenvalue weighted by Gasteiger charge is -2.14. The minimum Gasteiger partial charge on any atom is -0.331 e. The molecule has 0 spiro atoms. The molecule has 0 aliphatic heterocycles. The van der Waals surface area contributed by atoms with Crippen molar-refractivity contribution in [3.8, 4) is 0 Å². The summed E-state index contributed by atoms with van der Waals surface area (Å²) in [4.78, 5) is 11.7. The van der Waals surface area contributed by atoms with Crippen LogP contribution in [0, 0.1) is 19.7 Å². The van der Waals surface area contributed by atoms with E-state index in [9.17, 15) is 17.6 Å². The smallest absolute Gasteiger partial charge is 0.253 e. The van der Waals surface area contributed by atoms with E-state index in [2.05, 4.69) is 20.9 Å². The predicted molar refractivity (Wildman–Crippen MR) is 105 cm³/mol. The van der Waals surface area contributed by atoms with Crippen molar-refractivity contribution in [2.75, 3.05) is 11.9 Å². The Morgan fingerprint density at radius 3 is 2.37 bits per heavy atom. The Hall–Kier alpha value is -2.56. The van der Waals surface area contributed by atoms with Gasteiger partial charge in [-0.1, -0.05) is 17.7 Å². The van der Waals surface area contributed by atoms with Crippen LogP contribution in [0.2, 0.25) is 0 Å². The normalized spacial score (nSPS) is 10.9. The topological polar surface area (TPSA) is 99.3 Å². The van der Waals surface area contributed by atoms with Gasteiger partial charge in [-0.15, -0.1) is 0 Å². The van der Waals surface area contributed by atoms with Crippen molar-refractivity contribution in [1.29, 1.82) is 0 Å². The Morgan fingerprint density at radius 1 is 1.07 bits per heavy atom. The molecule has 0 atom stereocenters. The molecule has 7 nitrogen and oxygen atoms in total. The molecule has 0 unspecified atom stereocenters. The van der Waals surface area contributed by atoms with Crippen molar-refractivity contribution >= 4 is 38.9 Å². The molecule has 0 aliphatic carbocycles. The van der Waals surface area contributed by atoms with E-state index in [0.717, 1.165) is 41.1 Å². The number of aryl methyl sites for hydroxylation is 2. The van der Waals surface area contributed by atoms with Crippen LogP contribution in [0.5, 0.6) is 0 Å². The van der Waals surface area contributed by atoms with Crippen molar-refractivity contribution in [2.45, 2.75) is 18.7 Å². The lowest BCUT2D eigenvalue weighted by Crippen LogP contribution is -2.47. The fourth-order valence-electron chi connectivity index (χ4n) is 2.14. The lowest BCUT2D eigenvalue weighted by molar-refractivity contribution is -0.120. The number of nitrogens with one attached hydrogen (secondary N) is 4. The number of anilines is 1.